The molecule has 0 N–H and O–H groups in total. The van der Waals surface area contributed by atoms with Crippen molar-refractivity contribution in [2.24, 2.45) is 0 Å². The quantitative estimate of drug-likeness (QED) is 0.785. The van der Waals surface area contributed by atoms with E-state index in [1.54, 1.807) is 7.11 Å². The first-order valence-corrected chi connectivity index (χ1v) is 6.09. The van der Waals surface area contributed by atoms with Gasteiger partial charge < -0.3 is 9.64 Å². The van der Waals surface area contributed by atoms with Crippen LogP contribution >= 0.6 is 0 Å². The second kappa shape index (κ2) is 5.47. The predicted molar refractivity (Wildman–Crippen MR) is 68.3 cm³/mol. The zero-order chi connectivity index (χ0) is 12.3. The first-order chi connectivity index (χ1) is 8.19. The molecule has 0 radical (unpaired) electrons. The molecule has 4 heteroatoms. The molecule has 1 saturated heterocycles. The Balaban J connectivity index is 1.99. The van der Waals surface area contributed by atoms with E-state index in [9.17, 15) is 0 Å². The van der Waals surface area contributed by atoms with Gasteiger partial charge in [0.1, 0.15) is 0 Å². The van der Waals surface area contributed by atoms with Gasteiger partial charge in [0.25, 0.3) is 0 Å². The van der Waals surface area contributed by atoms with Gasteiger partial charge >= 0.3 is 0 Å². The van der Waals surface area contributed by atoms with Gasteiger partial charge in [0.05, 0.1) is 7.11 Å². The Morgan fingerprint density at radius 2 is 2.00 bits per heavy atom. The number of rotatable bonds is 3. The van der Waals surface area contributed by atoms with E-state index in [1.807, 2.05) is 12.3 Å². The Kier molecular flexibility index (Phi) is 3.97. The van der Waals surface area contributed by atoms with E-state index in [4.69, 9.17) is 4.74 Å². The molecule has 0 saturated carbocycles. The van der Waals surface area contributed by atoms with Gasteiger partial charge in [-0.15, -0.1) is 0 Å². The molecule has 1 aliphatic rings. The van der Waals surface area contributed by atoms with Gasteiger partial charge in [0.15, 0.2) is 0 Å². The molecule has 0 bridgehead atoms. The summed E-state index contributed by atoms with van der Waals surface area (Å²) < 4.78 is 5.12. The fraction of sp³-hybridized carbons (Fsp3) is 0.615. The van der Waals surface area contributed by atoms with Crippen molar-refractivity contribution in [3.05, 3.63) is 23.4 Å². The van der Waals surface area contributed by atoms with Gasteiger partial charge in [0.2, 0.25) is 5.88 Å². The van der Waals surface area contributed by atoms with Crippen LogP contribution in [0.4, 0.5) is 0 Å². The van der Waals surface area contributed by atoms with Crippen molar-refractivity contribution < 1.29 is 4.74 Å². The fourth-order valence-electron chi connectivity index (χ4n) is 2.08. The predicted octanol–water partition coefficient (Wildman–Crippen LogP) is 1.15. The van der Waals surface area contributed by atoms with Crippen molar-refractivity contribution >= 4 is 0 Å². The van der Waals surface area contributed by atoms with Crippen molar-refractivity contribution in [1.29, 1.82) is 0 Å². The highest BCUT2D eigenvalue weighted by Gasteiger charge is 2.14. The summed E-state index contributed by atoms with van der Waals surface area (Å²) in [5.74, 6) is 0.699. The summed E-state index contributed by atoms with van der Waals surface area (Å²) in [6.07, 6.45) is 1.94. The SMILES string of the molecule is COc1cc(C)c(CN2CCN(C)CC2)cn1. The van der Waals surface area contributed by atoms with Gasteiger partial charge in [-0.25, -0.2) is 4.98 Å². The number of likely N-dealkylation sites (N-methyl/N-ethyl adjacent to an activating group) is 1. The Morgan fingerprint density at radius 3 is 2.59 bits per heavy atom. The van der Waals surface area contributed by atoms with Crippen LogP contribution in [0.3, 0.4) is 0 Å². The third-order valence-corrected chi connectivity index (χ3v) is 3.39. The Labute approximate surface area is 103 Å². The highest BCUT2D eigenvalue weighted by atomic mass is 16.5. The Bertz CT molecular complexity index is 373. The van der Waals surface area contributed by atoms with E-state index in [0.717, 1.165) is 32.7 Å². The minimum atomic E-state index is 0.699. The largest absolute Gasteiger partial charge is 0.481 e. The second-order valence-electron chi connectivity index (χ2n) is 4.73. The number of piperazine rings is 1. The van der Waals surface area contributed by atoms with Gasteiger partial charge in [-0.05, 0) is 25.1 Å². The molecule has 2 rings (SSSR count). The van der Waals surface area contributed by atoms with Gasteiger partial charge in [-0.3, -0.25) is 4.90 Å². The summed E-state index contributed by atoms with van der Waals surface area (Å²) in [5.41, 5.74) is 2.56. The second-order valence-corrected chi connectivity index (χ2v) is 4.73. The zero-order valence-electron chi connectivity index (χ0n) is 10.9. The average molecular weight is 235 g/mol. The van der Waals surface area contributed by atoms with E-state index in [-0.39, 0.29) is 0 Å². The Hall–Kier alpha value is -1.13. The fourth-order valence-corrected chi connectivity index (χ4v) is 2.08. The minimum absolute atomic E-state index is 0.699. The van der Waals surface area contributed by atoms with E-state index < -0.39 is 0 Å². The zero-order valence-corrected chi connectivity index (χ0v) is 10.9. The van der Waals surface area contributed by atoms with Crippen molar-refractivity contribution in [1.82, 2.24) is 14.8 Å². The van der Waals surface area contributed by atoms with Crippen molar-refractivity contribution in [3.63, 3.8) is 0 Å². The minimum Gasteiger partial charge on any atom is -0.481 e. The lowest BCUT2D eigenvalue weighted by molar-refractivity contribution is 0.148. The van der Waals surface area contributed by atoms with E-state index in [0.29, 0.717) is 5.88 Å². The van der Waals surface area contributed by atoms with E-state index in [1.165, 1.54) is 11.1 Å². The first kappa shape index (κ1) is 12.3. The van der Waals surface area contributed by atoms with Crippen LogP contribution in [0, 0.1) is 6.92 Å². The lowest BCUT2D eigenvalue weighted by atomic mass is 10.1. The standard InChI is InChI=1S/C13H21N3O/c1-11-8-13(17-3)14-9-12(11)10-16-6-4-15(2)5-7-16/h8-9H,4-7,10H2,1-3H3. The Morgan fingerprint density at radius 1 is 1.29 bits per heavy atom. The number of ether oxygens (including phenoxy) is 1. The molecule has 0 unspecified atom stereocenters. The van der Waals surface area contributed by atoms with Crippen LogP contribution < -0.4 is 4.74 Å². The maximum absolute atomic E-state index is 5.12. The molecule has 2 heterocycles. The van der Waals surface area contributed by atoms with Crippen LogP contribution in [-0.4, -0.2) is 55.1 Å². The lowest BCUT2D eigenvalue weighted by Gasteiger charge is -2.32. The molecule has 0 atom stereocenters. The average Bonchev–Trinajstić information content (AvgIpc) is 2.34. The molecule has 1 aliphatic heterocycles. The number of pyridine rings is 1. The van der Waals surface area contributed by atoms with Crippen LogP contribution in [-0.2, 0) is 6.54 Å². The molecule has 1 aromatic rings. The number of aromatic nitrogens is 1. The van der Waals surface area contributed by atoms with Crippen molar-refractivity contribution in [3.8, 4) is 5.88 Å². The van der Waals surface area contributed by atoms with Crippen molar-refractivity contribution in [2.45, 2.75) is 13.5 Å². The molecule has 0 amide bonds. The summed E-state index contributed by atoms with van der Waals surface area (Å²) in [6.45, 7) is 7.71. The lowest BCUT2D eigenvalue weighted by Crippen LogP contribution is -2.43. The molecule has 4 nitrogen and oxygen atoms in total. The van der Waals surface area contributed by atoms with Crippen LogP contribution in [0.1, 0.15) is 11.1 Å². The molecular weight excluding hydrogens is 214 g/mol. The topological polar surface area (TPSA) is 28.6 Å². The molecule has 0 spiro atoms. The smallest absolute Gasteiger partial charge is 0.213 e. The summed E-state index contributed by atoms with van der Waals surface area (Å²) in [5, 5.41) is 0. The van der Waals surface area contributed by atoms with Crippen molar-refractivity contribution in [2.75, 3.05) is 40.3 Å². The number of hydrogen-bond donors (Lipinski definition) is 0. The molecule has 0 aromatic carbocycles. The van der Waals surface area contributed by atoms with E-state index >= 15 is 0 Å². The molecule has 1 aromatic heterocycles. The summed E-state index contributed by atoms with van der Waals surface area (Å²) >= 11 is 0. The summed E-state index contributed by atoms with van der Waals surface area (Å²) in [6, 6.07) is 2.01. The van der Waals surface area contributed by atoms with Crippen LogP contribution in [0.15, 0.2) is 12.3 Å². The summed E-state index contributed by atoms with van der Waals surface area (Å²) in [7, 11) is 3.83. The molecule has 1 fully saturated rings. The maximum atomic E-state index is 5.12. The van der Waals surface area contributed by atoms with Crippen LogP contribution in [0.2, 0.25) is 0 Å². The highest BCUT2D eigenvalue weighted by Crippen LogP contribution is 2.15. The highest BCUT2D eigenvalue weighted by molar-refractivity contribution is 5.28. The van der Waals surface area contributed by atoms with Crippen LogP contribution in [0.25, 0.3) is 0 Å². The van der Waals surface area contributed by atoms with Gasteiger partial charge in [0, 0.05) is 45.0 Å². The molecular formula is C13H21N3O. The number of methoxy groups -OCH3 is 1. The van der Waals surface area contributed by atoms with Crippen LogP contribution in [0.5, 0.6) is 5.88 Å². The van der Waals surface area contributed by atoms with E-state index in [2.05, 4.69) is 28.8 Å². The molecule has 17 heavy (non-hydrogen) atoms. The normalized spacial score (nSPS) is 18.3. The monoisotopic (exact) mass is 235 g/mol. The third-order valence-electron chi connectivity index (χ3n) is 3.39. The number of aryl methyl sites for hydroxylation is 1. The first-order valence-electron chi connectivity index (χ1n) is 6.09. The molecule has 94 valence electrons. The number of nitrogens with zero attached hydrogens (tertiary/aromatic N) is 3. The van der Waals surface area contributed by atoms with Gasteiger partial charge in [-0.1, -0.05) is 0 Å². The third kappa shape index (κ3) is 3.17. The maximum Gasteiger partial charge on any atom is 0.213 e. The van der Waals surface area contributed by atoms with Gasteiger partial charge in [-0.2, -0.15) is 0 Å². The molecule has 0 aliphatic carbocycles. The summed E-state index contributed by atoms with van der Waals surface area (Å²) in [4.78, 5) is 9.13. The number of hydrogen-bond acceptors (Lipinski definition) is 4.